The van der Waals surface area contributed by atoms with Crippen LogP contribution in [0.1, 0.15) is 5.56 Å². The zero-order chi connectivity index (χ0) is 7.78. The van der Waals surface area contributed by atoms with Gasteiger partial charge in [0.05, 0.1) is 0 Å². The lowest BCUT2D eigenvalue weighted by Crippen LogP contribution is -1.93. The molecule has 5 heteroatoms. The minimum absolute atomic E-state index is 0.106. The van der Waals surface area contributed by atoms with Crippen molar-refractivity contribution in [3.8, 4) is 0 Å². The zero-order valence-corrected chi connectivity index (χ0v) is 6.83. The van der Waals surface area contributed by atoms with Gasteiger partial charge < -0.3 is 4.55 Å². The first-order valence-corrected chi connectivity index (χ1v) is 4.80. The summed E-state index contributed by atoms with van der Waals surface area (Å²) in [5.41, 5.74) is 0.805. The van der Waals surface area contributed by atoms with Crippen molar-refractivity contribution in [2.75, 3.05) is 0 Å². The van der Waals surface area contributed by atoms with Crippen molar-refractivity contribution in [2.24, 2.45) is 0 Å². The Kier molecular flexibility index (Phi) is 1.80. The monoisotopic (exact) mass is 177 g/mol. The molecule has 0 bridgehead atoms. The van der Waals surface area contributed by atoms with Crippen molar-refractivity contribution in [3.05, 3.63) is 17.0 Å². The van der Waals surface area contributed by atoms with Crippen LogP contribution in [0.25, 0.3) is 0 Å². The Labute approximate surface area is 63.1 Å². The Morgan fingerprint density at radius 3 is 2.40 bits per heavy atom. The van der Waals surface area contributed by atoms with E-state index in [0.717, 1.165) is 16.9 Å². The van der Waals surface area contributed by atoms with Gasteiger partial charge in [-0.25, -0.2) is 8.42 Å². The zero-order valence-electron chi connectivity index (χ0n) is 5.20. The smallest absolute Gasteiger partial charge is 0.134 e. The minimum atomic E-state index is -4.21. The molecule has 1 rings (SSSR count). The third kappa shape index (κ3) is 1.56. The summed E-state index contributed by atoms with van der Waals surface area (Å²) in [5, 5.41) is 1.63. The summed E-state index contributed by atoms with van der Waals surface area (Å²) in [6.45, 7) is 1.74. The largest absolute Gasteiger partial charge is 0.743 e. The van der Waals surface area contributed by atoms with E-state index in [0.29, 0.717) is 0 Å². The lowest BCUT2D eigenvalue weighted by atomic mass is 10.4. The van der Waals surface area contributed by atoms with Gasteiger partial charge in [-0.3, -0.25) is 0 Å². The highest BCUT2D eigenvalue weighted by molar-refractivity contribution is 7.88. The van der Waals surface area contributed by atoms with Crippen LogP contribution in [-0.4, -0.2) is 13.0 Å². The SMILES string of the molecule is Cc1csc(S(=O)(=O)[O-])c1. The topological polar surface area (TPSA) is 57.2 Å². The summed E-state index contributed by atoms with van der Waals surface area (Å²) in [7, 11) is -4.21. The predicted molar refractivity (Wildman–Crippen MR) is 37.0 cm³/mol. The second-order valence-electron chi connectivity index (χ2n) is 1.90. The van der Waals surface area contributed by atoms with Crippen molar-refractivity contribution in [3.63, 3.8) is 0 Å². The number of rotatable bonds is 1. The van der Waals surface area contributed by atoms with Crippen molar-refractivity contribution >= 4 is 21.5 Å². The van der Waals surface area contributed by atoms with E-state index in [-0.39, 0.29) is 4.21 Å². The molecule has 0 atom stereocenters. The van der Waals surface area contributed by atoms with Gasteiger partial charge >= 0.3 is 0 Å². The Morgan fingerprint density at radius 1 is 1.60 bits per heavy atom. The fraction of sp³-hybridized carbons (Fsp3) is 0.200. The lowest BCUT2D eigenvalue weighted by Gasteiger charge is -2.00. The molecule has 0 saturated heterocycles. The molecule has 3 nitrogen and oxygen atoms in total. The second kappa shape index (κ2) is 2.34. The van der Waals surface area contributed by atoms with Crippen molar-refractivity contribution in [1.29, 1.82) is 0 Å². The first-order chi connectivity index (χ1) is 4.50. The maximum Gasteiger partial charge on any atom is 0.134 e. The molecule has 0 aliphatic heterocycles. The first-order valence-electron chi connectivity index (χ1n) is 2.51. The minimum Gasteiger partial charge on any atom is -0.743 e. The summed E-state index contributed by atoms with van der Waals surface area (Å²) < 4.78 is 30.8. The van der Waals surface area contributed by atoms with Gasteiger partial charge in [0.1, 0.15) is 14.3 Å². The van der Waals surface area contributed by atoms with E-state index in [1.165, 1.54) is 6.07 Å². The van der Waals surface area contributed by atoms with E-state index in [1.807, 2.05) is 0 Å². The summed E-state index contributed by atoms with van der Waals surface area (Å²) >= 11 is 0.956. The molecule has 1 aromatic heterocycles. The van der Waals surface area contributed by atoms with Crippen LogP contribution in [0.15, 0.2) is 15.7 Å². The molecule has 0 fully saturated rings. The average Bonchev–Trinajstić information content (AvgIpc) is 2.11. The molecule has 0 aromatic carbocycles. The fourth-order valence-electron chi connectivity index (χ4n) is 0.536. The number of hydrogen-bond acceptors (Lipinski definition) is 4. The number of hydrogen-bond donors (Lipinski definition) is 0. The molecule has 0 saturated carbocycles. The molecule has 1 aromatic rings. The molecule has 0 N–H and O–H groups in total. The maximum absolute atomic E-state index is 10.3. The first kappa shape index (κ1) is 7.71. The van der Waals surface area contributed by atoms with Crippen LogP contribution in [0.2, 0.25) is 0 Å². The third-order valence-electron chi connectivity index (χ3n) is 0.953. The second-order valence-corrected chi connectivity index (χ2v) is 4.41. The molecule has 0 aliphatic rings. The normalized spacial score (nSPS) is 11.8. The molecule has 0 radical (unpaired) electrons. The number of thiophene rings is 1. The van der Waals surface area contributed by atoms with Crippen molar-refractivity contribution < 1.29 is 13.0 Å². The number of aryl methyl sites for hydroxylation is 1. The summed E-state index contributed by atoms with van der Waals surface area (Å²) in [6, 6.07) is 1.37. The van der Waals surface area contributed by atoms with Crippen molar-refractivity contribution in [2.45, 2.75) is 11.1 Å². The van der Waals surface area contributed by atoms with Gasteiger partial charge in [-0.15, -0.1) is 11.3 Å². The Balaban J connectivity index is 3.21. The van der Waals surface area contributed by atoms with E-state index in [9.17, 15) is 13.0 Å². The van der Waals surface area contributed by atoms with Gasteiger partial charge in [0, 0.05) is 0 Å². The predicted octanol–water partition coefficient (Wildman–Crippen LogP) is 0.961. The van der Waals surface area contributed by atoms with E-state index in [1.54, 1.807) is 12.3 Å². The van der Waals surface area contributed by atoms with Crippen LogP contribution < -0.4 is 0 Å². The molecule has 0 spiro atoms. The molecular formula is C5H5O3S2-. The van der Waals surface area contributed by atoms with Gasteiger partial charge in [0.15, 0.2) is 0 Å². The van der Waals surface area contributed by atoms with E-state index in [2.05, 4.69) is 0 Å². The molecule has 1 heterocycles. The van der Waals surface area contributed by atoms with Gasteiger partial charge in [0.25, 0.3) is 0 Å². The van der Waals surface area contributed by atoms with Gasteiger partial charge in [-0.2, -0.15) is 0 Å². The Hall–Kier alpha value is -0.390. The van der Waals surface area contributed by atoms with Crippen LogP contribution >= 0.6 is 11.3 Å². The van der Waals surface area contributed by atoms with Crippen LogP contribution in [0.5, 0.6) is 0 Å². The molecule has 0 unspecified atom stereocenters. The molecular weight excluding hydrogens is 172 g/mol. The van der Waals surface area contributed by atoms with Crippen LogP contribution in [0, 0.1) is 6.92 Å². The van der Waals surface area contributed by atoms with Crippen LogP contribution in [0.4, 0.5) is 0 Å². The van der Waals surface area contributed by atoms with Gasteiger partial charge in [-0.05, 0) is 23.9 Å². The summed E-state index contributed by atoms with van der Waals surface area (Å²) in [6.07, 6.45) is 0. The molecule has 56 valence electrons. The van der Waals surface area contributed by atoms with E-state index >= 15 is 0 Å². The average molecular weight is 177 g/mol. The van der Waals surface area contributed by atoms with Crippen molar-refractivity contribution in [1.82, 2.24) is 0 Å². The summed E-state index contributed by atoms with van der Waals surface area (Å²) in [4.78, 5) is 0. The standard InChI is InChI=1S/C5H6O3S2/c1-4-2-5(9-3-4)10(6,7)8/h2-3H,1H3,(H,6,7,8)/p-1. The Morgan fingerprint density at radius 2 is 2.20 bits per heavy atom. The quantitative estimate of drug-likeness (QED) is 0.600. The molecule has 0 amide bonds. The highest BCUT2D eigenvalue weighted by atomic mass is 32.3. The van der Waals surface area contributed by atoms with Crippen LogP contribution in [0.3, 0.4) is 0 Å². The van der Waals surface area contributed by atoms with E-state index < -0.39 is 10.1 Å². The van der Waals surface area contributed by atoms with Crippen LogP contribution in [-0.2, 0) is 10.1 Å². The maximum atomic E-state index is 10.3. The molecule has 0 aliphatic carbocycles. The molecule has 10 heavy (non-hydrogen) atoms. The third-order valence-corrected chi connectivity index (χ3v) is 3.30. The Bertz CT molecular complexity index is 322. The lowest BCUT2D eigenvalue weighted by molar-refractivity contribution is 0.465. The van der Waals surface area contributed by atoms with Gasteiger partial charge in [-0.1, -0.05) is 0 Å². The van der Waals surface area contributed by atoms with Gasteiger partial charge in [0.2, 0.25) is 0 Å². The fourth-order valence-corrected chi connectivity index (χ4v) is 2.11. The highest BCUT2D eigenvalue weighted by Gasteiger charge is 2.01. The highest BCUT2D eigenvalue weighted by Crippen LogP contribution is 2.18. The van der Waals surface area contributed by atoms with E-state index in [4.69, 9.17) is 0 Å². The summed E-state index contributed by atoms with van der Waals surface area (Å²) in [5.74, 6) is 0.